The van der Waals surface area contributed by atoms with Crippen LogP contribution in [0.15, 0.2) is 82.8 Å². The lowest BCUT2D eigenvalue weighted by molar-refractivity contribution is 0.102. The number of furan rings is 1. The van der Waals surface area contributed by atoms with E-state index in [1.165, 1.54) is 11.3 Å². The Kier molecular flexibility index (Phi) is 4.98. The number of rotatable bonds is 6. The lowest BCUT2D eigenvalue weighted by atomic mass is 10.1. The molecule has 0 saturated carbocycles. The molecule has 2 aromatic carbocycles. The van der Waals surface area contributed by atoms with Crippen molar-refractivity contribution < 1.29 is 13.9 Å². The number of carbonyl (C=O) groups is 1. The van der Waals surface area contributed by atoms with E-state index in [9.17, 15) is 4.79 Å². The molecule has 27 heavy (non-hydrogen) atoms. The van der Waals surface area contributed by atoms with Gasteiger partial charge < -0.3 is 9.15 Å². The van der Waals surface area contributed by atoms with Crippen LogP contribution in [-0.2, 0) is 6.61 Å². The van der Waals surface area contributed by atoms with E-state index in [4.69, 9.17) is 9.15 Å². The Hall–Kier alpha value is -3.38. The molecule has 0 fully saturated rings. The fourth-order valence-corrected chi connectivity index (χ4v) is 3.27. The van der Waals surface area contributed by atoms with Crippen molar-refractivity contribution in [3.63, 3.8) is 0 Å². The number of thiazole rings is 1. The monoisotopic (exact) mass is 376 g/mol. The molecule has 134 valence electrons. The molecule has 0 aliphatic carbocycles. The summed E-state index contributed by atoms with van der Waals surface area (Å²) >= 11 is 1.35. The van der Waals surface area contributed by atoms with Gasteiger partial charge in [0.1, 0.15) is 18.1 Å². The Morgan fingerprint density at radius 2 is 1.85 bits per heavy atom. The first-order chi connectivity index (χ1) is 13.3. The Balaban J connectivity index is 1.47. The molecule has 0 bridgehead atoms. The number of anilines is 1. The third-order valence-corrected chi connectivity index (χ3v) is 4.66. The molecule has 2 heterocycles. The fraction of sp³-hybridized carbons (Fsp3) is 0.0476. The average molecular weight is 376 g/mol. The standard InChI is InChI=1S/C21H16N2O3S/c24-20(23-21-22-18(14-27-21)19-11-6-12-25-19)17-10-5-4-7-15(17)13-26-16-8-2-1-3-9-16/h1-12,14H,13H2,(H,22,23,24). The van der Waals surface area contributed by atoms with Gasteiger partial charge in [-0.3, -0.25) is 10.1 Å². The number of aromatic nitrogens is 1. The molecule has 2 aromatic heterocycles. The summed E-state index contributed by atoms with van der Waals surface area (Å²) in [5.74, 6) is 1.21. The van der Waals surface area contributed by atoms with E-state index in [-0.39, 0.29) is 5.91 Å². The van der Waals surface area contributed by atoms with Gasteiger partial charge in [0.2, 0.25) is 0 Å². The van der Waals surface area contributed by atoms with Crippen molar-refractivity contribution in [2.75, 3.05) is 5.32 Å². The number of hydrogen-bond donors (Lipinski definition) is 1. The van der Waals surface area contributed by atoms with E-state index in [0.717, 1.165) is 11.3 Å². The lowest BCUT2D eigenvalue weighted by Gasteiger charge is -2.10. The summed E-state index contributed by atoms with van der Waals surface area (Å²) in [4.78, 5) is 17.1. The third-order valence-electron chi connectivity index (χ3n) is 3.90. The molecule has 4 aromatic rings. The molecule has 0 radical (unpaired) electrons. The lowest BCUT2D eigenvalue weighted by Crippen LogP contribution is -2.15. The van der Waals surface area contributed by atoms with Gasteiger partial charge in [-0.15, -0.1) is 11.3 Å². The normalized spacial score (nSPS) is 10.5. The van der Waals surface area contributed by atoms with Gasteiger partial charge in [-0.1, -0.05) is 36.4 Å². The second-order valence-electron chi connectivity index (χ2n) is 5.73. The van der Waals surface area contributed by atoms with Gasteiger partial charge >= 0.3 is 0 Å². The Bertz CT molecular complexity index is 1030. The van der Waals surface area contributed by atoms with Crippen LogP contribution >= 0.6 is 11.3 Å². The third kappa shape index (κ3) is 4.07. The van der Waals surface area contributed by atoms with Gasteiger partial charge in [0.05, 0.1) is 6.26 Å². The van der Waals surface area contributed by atoms with Gasteiger partial charge in [0.25, 0.3) is 5.91 Å². The number of para-hydroxylation sites is 1. The molecular formula is C21H16N2O3S. The molecule has 6 heteroatoms. The van der Waals surface area contributed by atoms with Gasteiger partial charge in [0.15, 0.2) is 10.9 Å². The minimum atomic E-state index is -0.220. The van der Waals surface area contributed by atoms with Crippen molar-refractivity contribution in [1.29, 1.82) is 0 Å². The van der Waals surface area contributed by atoms with Crippen LogP contribution in [0.25, 0.3) is 11.5 Å². The van der Waals surface area contributed by atoms with Crippen molar-refractivity contribution in [2.45, 2.75) is 6.61 Å². The Morgan fingerprint density at radius 1 is 1.04 bits per heavy atom. The van der Waals surface area contributed by atoms with E-state index < -0.39 is 0 Å². The van der Waals surface area contributed by atoms with E-state index in [1.807, 2.05) is 60.0 Å². The minimum Gasteiger partial charge on any atom is -0.489 e. The van der Waals surface area contributed by atoms with Crippen LogP contribution in [0.5, 0.6) is 5.75 Å². The van der Waals surface area contributed by atoms with Crippen LogP contribution in [0.4, 0.5) is 5.13 Å². The smallest absolute Gasteiger partial charge is 0.257 e. The molecule has 0 unspecified atom stereocenters. The second-order valence-corrected chi connectivity index (χ2v) is 6.59. The molecule has 1 N–H and O–H groups in total. The van der Waals surface area contributed by atoms with Crippen LogP contribution in [0.3, 0.4) is 0 Å². The maximum absolute atomic E-state index is 12.7. The number of ether oxygens (including phenoxy) is 1. The quantitative estimate of drug-likeness (QED) is 0.500. The van der Waals surface area contributed by atoms with Crippen LogP contribution in [-0.4, -0.2) is 10.9 Å². The van der Waals surface area contributed by atoms with Crippen molar-refractivity contribution >= 4 is 22.4 Å². The first kappa shape index (κ1) is 17.1. The fourth-order valence-electron chi connectivity index (χ4n) is 2.58. The van der Waals surface area contributed by atoms with Crippen molar-refractivity contribution in [2.24, 2.45) is 0 Å². The van der Waals surface area contributed by atoms with Gasteiger partial charge in [-0.25, -0.2) is 4.98 Å². The van der Waals surface area contributed by atoms with Crippen molar-refractivity contribution in [3.8, 4) is 17.2 Å². The zero-order chi connectivity index (χ0) is 18.5. The highest BCUT2D eigenvalue weighted by molar-refractivity contribution is 7.14. The summed E-state index contributed by atoms with van der Waals surface area (Å²) in [6.07, 6.45) is 1.59. The summed E-state index contributed by atoms with van der Waals surface area (Å²) in [6, 6.07) is 20.5. The summed E-state index contributed by atoms with van der Waals surface area (Å²) in [5.41, 5.74) is 2.06. The maximum atomic E-state index is 12.7. The SMILES string of the molecule is O=C(Nc1nc(-c2ccco2)cs1)c1ccccc1COc1ccccc1. The van der Waals surface area contributed by atoms with Gasteiger partial charge in [-0.05, 0) is 30.3 Å². The predicted octanol–water partition coefficient (Wildman–Crippen LogP) is 5.23. The van der Waals surface area contributed by atoms with E-state index in [2.05, 4.69) is 10.3 Å². The number of benzene rings is 2. The predicted molar refractivity (Wildman–Crippen MR) is 105 cm³/mol. The zero-order valence-electron chi connectivity index (χ0n) is 14.3. The van der Waals surface area contributed by atoms with E-state index in [0.29, 0.717) is 28.8 Å². The highest BCUT2D eigenvalue weighted by atomic mass is 32.1. The number of nitrogens with one attached hydrogen (secondary N) is 1. The number of amides is 1. The summed E-state index contributed by atoms with van der Waals surface area (Å²) < 4.78 is 11.1. The molecule has 0 saturated heterocycles. The number of carbonyl (C=O) groups excluding carboxylic acids is 1. The minimum absolute atomic E-state index is 0.220. The molecule has 1 amide bonds. The molecule has 0 atom stereocenters. The van der Waals surface area contributed by atoms with E-state index in [1.54, 1.807) is 18.4 Å². The molecule has 0 spiro atoms. The van der Waals surface area contributed by atoms with Crippen LogP contribution in [0.2, 0.25) is 0 Å². The van der Waals surface area contributed by atoms with Crippen LogP contribution < -0.4 is 10.1 Å². The average Bonchev–Trinajstić information content (AvgIpc) is 3.39. The molecule has 0 aliphatic heterocycles. The van der Waals surface area contributed by atoms with Crippen molar-refractivity contribution in [3.05, 3.63) is 89.5 Å². The van der Waals surface area contributed by atoms with E-state index >= 15 is 0 Å². The highest BCUT2D eigenvalue weighted by Crippen LogP contribution is 2.25. The van der Waals surface area contributed by atoms with Gasteiger partial charge in [-0.2, -0.15) is 0 Å². The highest BCUT2D eigenvalue weighted by Gasteiger charge is 2.14. The molecule has 4 rings (SSSR count). The van der Waals surface area contributed by atoms with Crippen LogP contribution in [0.1, 0.15) is 15.9 Å². The second kappa shape index (κ2) is 7.88. The van der Waals surface area contributed by atoms with Gasteiger partial charge in [0, 0.05) is 16.5 Å². The summed E-state index contributed by atoms with van der Waals surface area (Å²) in [5, 5.41) is 5.22. The summed E-state index contributed by atoms with van der Waals surface area (Å²) in [7, 11) is 0. The number of nitrogens with zero attached hydrogens (tertiary/aromatic N) is 1. The molecular weight excluding hydrogens is 360 g/mol. The van der Waals surface area contributed by atoms with Crippen molar-refractivity contribution in [1.82, 2.24) is 4.98 Å². The summed E-state index contributed by atoms with van der Waals surface area (Å²) in [6.45, 7) is 0.309. The molecule has 5 nitrogen and oxygen atoms in total. The zero-order valence-corrected chi connectivity index (χ0v) is 15.1. The Labute approximate surface area is 160 Å². The number of hydrogen-bond acceptors (Lipinski definition) is 5. The topological polar surface area (TPSA) is 64.4 Å². The largest absolute Gasteiger partial charge is 0.489 e. The van der Waals surface area contributed by atoms with Crippen LogP contribution in [0, 0.1) is 0 Å². The maximum Gasteiger partial charge on any atom is 0.257 e. The first-order valence-electron chi connectivity index (χ1n) is 8.36. The molecule has 0 aliphatic rings. The Morgan fingerprint density at radius 3 is 2.67 bits per heavy atom. The first-order valence-corrected chi connectivity index (χ1v) is 9.24.